The minimum Gasteiger partial charge on any atom is -0.340 e. The van der Waals surface area contributed by atoms with Gasteiger partial charge < -0.3 is 9.80 Å². The number of anilines is 1. The van der Waals surface area contributed by atoms with E-state index < -0.39 is 0 Å². The molecule has 1 fully saturated rings. The van der Waals surface area contributed by atoms with Crippen molar-refractivity contribution in [1.29, 1.82) is 0 Å². The van der Waals surface area contributed by atoms with Crippen LogP contribution in [0.2, 0.25) is 0 Å². The highest BCUT2D eigenvalue weighted by Crippen LogP contribution is 2.32. The van der Waals surface area contributed by atoms with Crippen molar-refractivity contribution < 1.29 is 8.78 Å². The van der Waals surface area contributed by atoms with Gasteiger partial charge in [-0.05, 0) is 56.1 Å². The fraction of sp³-hybridized carbons (Fsp3) is 0.261. The van der Waals surface area contributed by atoms with Gasteiger partial charge in [0.25, 0.3) is 5.56 Å². The second-order valence-electron chi connectivity index (χ2n) is 8.25. The minimum absolute atomic E-state index is 0.119. The second-order valence-corrected chi connectivity index (χ2v) is 8.25. The van der Waals surface area contributed by atoms with E-state index in [1.807, 2.05) is 31.1 Å². The van der Waals surface area contributed by atoms with E-state index in [4.69, 9.17) is 4.98 Å². The Balaban J connectivity index is 1.54. The van der Waals surface area contributed by atoms with Crippen LogP contribution in [0, 0.1) is 11.6 Å². The van der Waals surface area contributed by atoms with Crippen molar-refractivity contribution in [3.8, 4) is 5.69 Å². The summed E-state index contributed by atoms with van der Waals surface area (Å²) in [5, 5.41) is 4.65. The van der Waals surface area contributed by atoms with E-state index in [-0.39, 0.29) is 29.2 Å². The molecule has 2 unspecified atom stereocenters. The summed E-state index contributed by atoms with van der Waals surface area (Å²) < 4.78 is 28.3. The topological polar surface area (TPSA) is 70.1 Å². The predicted molar refractivity (Wildman–Crippen MR) is 118 cm³/mol. The highest BCUT2D eigenvalue weighted by Gasteiger charge is 2.36. The molecular formula is C23H22F2N6O. The van der Waals surface area contributed by atoms with Gasteiger partial charge in [0, 0.05) is 25.0 Å². The number of rotatable bonds is 4. The average Bonchev–Trinajstić information content (AvgIpc) is 3.40. The molecule has 1 aliphatic rings. The number of nitrogens with one attached hydrogen (secondary N) is 1. The van der Waals surface area contributed by atoms with Crippen molar-refractivity contribution in [2.24, 2.45) is 0 Å². The largest absolute Gasteiger partial charge is 0.340 e. The van der Waals surface area contributed by atoms with E-state index in [9.17, 15) is 13.6 Å². The molecule has 4 aromatic rings. The molecule has 9 heteroatoms. The Morgan fingerprint density at radius 1 is 1.00 bits per heavy atom. The Morgan fingerprint density at radius 2 is 1.66 bits per heavy atom. The Hall–Kier alpha value is -3.59. The Kier molecular flexibility index (Phi) is 4.97. The highest BCUT2D eigenvalue weighted by atomic mass is 19.1. The first-order valence-corrected chi connectivity index (χ1v) is 10.3. The molecule has 0 spiro atoms. The zero-order valence-electron chi connectivity index (χ0n) is 17.7. The zero-order chi connectivity index (χ0) is 22.4. The quantitative estimate of drug-likeness (QED) is 0.533. The standard InChI is InChI=1S/C23H22F2N6O/c1-29(2)20-13-30(12-19(20)14-3-5-15(24)6-4-14)23-27-21-18(22(32)28-23)11-26-31(21)17-9-7-16(25)8-10-17/h3-11,19-20H,12-13H2,1-2H3,(H,27,28,32). The molecule has 0 aliphatic carbocycles. The molecule has 0 saturated carbocycles. The summed E-state index contributed by atoms with van der Waals surface area (Å²) in [6.45, 7) is 1.27. The molecule has 2 aromatic heterocycles. The molecule has 0 bridgehead atoms. The number of benzene rings is 2. The summed E-state index contributed by atoms with van der Waals surface area (Å²) in [4.78, 5) is 24.5. The normalized spacial score (nSPS) is 18.7. The van der Waals surface area contributed by atoms with Crippen molar-refractivity contribution in [2.75, 3.05) is 32.1 Å². The van der Waals surface area contributed by atoms with E-state index >= 15 is 0 Å². The monoisotopic (exact) mass is 436 g/mol. The Morgan fingerprint density at radius 3 is 2.31 bits per heavy atom. The Bertz CT molecular complexity index is 1310. The third kappa shape index (κ3) is 3.54. The van der Waals surface area contributed by atoms with Crippen molar-refractivity contribution in [1.82, 2.24) is 24.6 Å². The summed E-state index contributed by atoms with van der Waals surface area (Å²) in [7, 11) is 4.02. The van der Waals surface area contributed by atoms with Crippen molar-refractivity contribution in [2.45, 2.75) is 12.0 Å². The lowest BCUT2D eigenvalue weighted by atomic mass is 9.94. The van der Waals surface area contributed by atoms with E-state index in [1.165, 1.54) is 35.1 Å². The van der Waals surface area contributed by atoms with Crippen molar-refractivity contribution in [3.05, 3.63) is 82.3 Å². The molecule has 164 valence electrons. The van der Waals surface area contributed by atoms with Gasteiger partial charge in [0.05, 0.1) is 11.9 Å². The van der Waals surface area contributed by atoms with Gasteiger partial charge in [-0.1, -0.05) is 12.1 Å². The van der Waals surface area contributed by atoms with E-state index in [2.05, 4.69) is 15.0 Å². The van der Waals surface area contributed by atoms with Gasteiger partial charge in [0.1, 0.15) is 17.0 Å². The van der Waals surface area contributed by atoms with Gasteiger partial charge >= 0.3 is 0 Å². The first-order valence-electron chi connectivity index (χ1n) is 10.3. The number of nitrogens with zero attached hydrogens (tertiary/aromatic N) is 5. The van der Waals surface area contributed by atoms with Crippen LogP contribution in [-0.2, 0) is 0 Å². The van der Waals surface area contributed by atoms with E-state index in [0.717, 1.165) is 5.56 Å². The first-order chi connectivity index (χ1) is 15.4. The van der Waals surface area contributed by atoms with Crippen LogP contribution in [0.1, 0.15) is 11.5 Å². The summed E-state index contributed by atoms with van der Waals surface area (Å²) in [6.07, 6.45) is 1.46. The van der Waals surface area contributed by atoms with Crippen molar-refractivity contribution in [3.63, 3.8) is 0 Å². The van der Waals surface area contributed by atoms with Gasteiger partial charge in [-0.15, -0.1) is 0 Å². The van der Waals surface area contributed by atoms with Gasteiger partial charge in [-0.2, -0.15) is 10.1 Å². The number of aromatic nitrogens is 4. The van der Waals surface area contributed by atoms with Crippen LogP contribution in [0.5, 0.6) is 0 Å². The number of hydrogen-bond acceptors (Lipinski definition) is 5. The van der Waals surface area contributed by atoms with Crippen molar-refractivity contribution >= 4 is 17.0 Å². The number of H-pyrrole nitrogens is 1. The average molecular weight is 436 g/mol. The summed E-state index contributed by atoms with van der Waals surface area (Å²) in [6, 6.07) is 12.6. The maximum Gasteiger partial charge on any atom is 0.263 e. The lowest BCUT2D eigenvalue weighted by Gasteiger charge is -2.25. The second kappa shape index (κ2) is 7.83. The van der Waals surface area contributed by atoms with Gasteiger partial charge in [0.15, 0.2) is 5.65 Å². The number of aromatic amines is 1. The van der Waals surface area contributed by atoms with E-state index in [0.29, 0.717) is 35.8 Å². The molecule has 3 heterocycles. The summed E-state index contributed by atoms with van der Waals surface area (Å²) >= 11 is 0. The summed E-state index contributed by atoms with van der Waals surface area (Å²) in [5.41, 5.74) is 1.77. The molecule has 1 N–H and O–H groups in total. The molecule has 2 aromatic carbocycles. The fourth-order valence-electron chi connectivity index (χ4n) is 4.35. The molecule has 1 saturated heterocycles. The number of hydrogen-bond donors (Lipinski definition) is 1. The van der Waals surface area contributed by atoms with E-state index in [1.54, 1.807) is 12.1 Å². The molecule has 5 rings (SSSR count). The lowest BCUT2D eigenvalue weighted by molar-refractivity contribution is 0.292. The zero-order valence-corrected chi connectivity index (χ0v) is 17.7. The molecular weight excluding hydrogens is 414 g/mol. The molecule has 2 atom stereocenters. The molecule has 7 nitrogen and oxygen atoms in total. The first kappa shape index (κ1) is 20.3. The van der Waals surface area contributed by atoms with Gasteiger partial charge in [0.2, 0.25) is 5.95 Å². The Labute approximate surface area is 182 Å². The van der Waals surface area contributed by atoms with Crippen LogP contribution in [0.25, 0.3) is 16.7 Å². The smallest absolute Gasteiger partial charge is 0.263 e. The molecule has 32 heavy (non-hydrogen) atoms. The maximum absolute atomic E-state index is 13.4. The van der Waals surface area contributed by atoms with Crippen LogP contribution >= 0.6 is 0 Å². The maximum atomic E-state index is 13.4. The van der Waals surface area contributed by atoms with Crippen LogP contribution in [0.4, 0.5) is 14.7 Å². The number of likely N-dealkylation sites (N-methyl/N-ethyl adjacent to an activating group) is 1. The van der Waals surface area contributed by atoms with Crippen LogP contribution < -0.4 is 10.5 Å². The van der Waals surface area contributed by atoms with Crippen LogP contribution in [0.15, 0.2) is 59.5 Å². The highest BCUT2D eigenvalue weighted by molar-refractivity contribution is 5.76. The lowest BCUT2D eigenvalue weighted by Crippen LogP contribution is -2.35. The van der Waals surface area contributed by atoms with Crippen LogP contribution in [-0.4, -0.2) is 57.9 Å². The third-order valence-corrected chi connectivity index (χ3v) is 6.05. The predicted octanol–water partition coefficient (Wildman–Crippen LogP) is 2.92. The number of fused-ring (bicyclic) bond motifs is 1. The SMILES string of the molecule is CN(C)C1CN(c2nc3c(cnn3-c3ccc(F)cc3)c(=O)[nH]2)CC1c1ccc(F)cc1. The van der Waals surface area contributed by atoms with Gasteiger partial charge in [-0.3, -0.25) is 9.78 Å². The molecule has 1 aliphatic heterocycles. The minimum atomic E-state index is -0.352. The number of halogens is 2. The van der Waals surface area contributed by atoms with Crippen LogP contribution in [0.3, 0.4) is 0 Å². The third-order valence-electron chi connectivity index (χ3n) is 6.05. The molecule has 0 amide bonds. The molecule has 0 radical (unpaired) electrons. The summed E-state index contributed by atoms with van der Waals surface area (Å²) in [5.74, 6) is -0.0534. The fourth-order valence-corrected chi connectivity index (χ4v) is 4.35. The van der Waals surface area contributed by atoms with Gasteiger partial charge in [-0.25, -0.2) is 13.5 Å².